The monoisotopic (exact) mass is 404 g/mol. The van der Waals surface area contributed by atoms with Gasteiger partial charge in [0.15, 0.2) is 0 Å². The highest BCUT2D eigenvalue weighted by Crippen LogP contribution is 2.33. The maximum Gasteiger partial charge on any atom is 0.291 e. The van der Waals surface area contributed by atoms with Crippen molar-refractivity contribution in [2.24, 2.45) is 0 Å². The van der Waals surface area contributed by atoms with Crippen molar-refractivity contribution in [3.63, 3.8) is 0 Å². The molecular formula is C19H17FN2O5S. The van der Waals surface area contributed by atoms with Crippen molar-refractivity contribution in [1.82, 2.24) is 4.90 Å². The summed E-state index contributed by atoms with van der Waals surface area (Å²) in [5, 5.41) is 0.463. The van der Waals surface area contributed by atoms with E-state index in [4.69, 9.17) is 9.15 Å². The molecule has 0 aliphatic carbocycles. The Morgan fingerprint density at radius 1 is 1.04 bits per heavy atom. The Bertz CT molecular complexity index is 1120. The van der Waals surface area contributed by atoms with Crippen molar-refractivity contribution in [1.29, 1.82) is 0 Å². The summed E-state index contributed by atoms with van der Waals surface area (Å²) in [6.45, 7) is 1.59. The van der Waals surface area contributed by atoms with Crippen LogP contribution in [0.2, 0.25) is 0 Å². The van der Waals surface area contributed by atoms with Crippen molar-refractivity contribution in [3.05, 3.63) is 60.1 Å². The van der Waals surface area contributed by atoms with Gasteiger partial charge in [0.25, 0.3) is 15.9 Å². The van der Waals surface area contributed by atoms with E-state index in [1.165, 1.54) is 0 Å². The van der Waals surface area contributed by atoms with Crippen LogP contribution in [0.25, 0.3) is 11.0 Å². The molecule has 1 fully saturated rings. The molecule has 9 heteroatoms. The Balaban J connectivity index is 1.76. The highest BCUT2D eigenvalue weighted by molar-refractivity contribution is 7.92. The molecule has 0 spiro atoms. The van der Waals surface area contributed by atoms with Gasteiger partial charge in [0, 0.05) is 18.5 Å². The van der Waals surface area contributed by atoms with Gasteiger partial charge in [-0.15, -0.1) is 0 Å². The first kappa shape index (κ1) is 18.5. The lowest BCUT2D eigenvalue weighted by molar-refractivity contribution is 0.0285. The Morgan fingerprint density at radius 2 is 1.71 bits per heavy atom. The van der Waals surface area contributed by atoms with Crippen LogP contribution < -0.4 is 4.72 Å². The van der Waals surface area contributed by atoms with Crippen LogP contribution in [0.3, 0.4) is 0 Å². The van der Waals surface area contributed by atoms with Crippen LogP contribution in [-0.2, 0) is 14.8 Å². The van der Waals surface area contributed by atoms with E-state index in [0.717, 1.165) is 24.3 Å². The molecule has 28 heavy (non-hydrogen) atoms. The molecule has 1 saturated heterocycles. The molecule has 1 aliphatic heterocycles. The van der Waals surface area contributed by atoms with Gasteiger partial charge < -0.3 is 14.1 Å². The third-order valence-electron chi connectivity index (χ3n) is 4.45. The minimum atomic E-state index is -4.05. The molecule has 0 atom stereocenters. The Hall–Kier alpha value is -2.91. The van der Waals surface area contributed by atoms with Crippen molar-refractivity contribution in [2.75, 3.05) is 31.0 Å². The molecule has 0 radical (unpaired) electrons. The maximum atomic E-state index is 13.1. The zero-order chi connectivity index (χ0) is 19.7. The number of carbonyl (C=O) groups excluding carboxylic acids is 1. The fourth-order valence-corrected chi connectivity index (χ4v) is 4.10. The van der Waals surface area contributed by atoms with Gasteiger partial charge in [-0.05, 0) is 36.4 Å². The molecule has 146 valence electrons. The van der Waals surface area contributed by atoms with Crippen LogP contribution in [0.15, 0.2) is 57.8 Å². The van der Waals surface area contributed by atoms with Crippen LogP contribution in [-0.4, -0.2) is 45.5 Å². The molecule has 1 aromatic heterocycles. The van der Waals surface area contributed by atoms with Gasteiger partial charge in [-0.3, -0.25) is 9.52 Å². The molecule has 0 saturated carbocycles. The van der Waals surface area contributed by atoms with Gasteiger partial charge >= 0.3 is 0 Å². The molecule has 1 aliphatic rings. The van der Waals surface area contributed by atoms with Gasteiger partial charge in [-0.1, -0.05) is 12.1 Å². The standard InChI is InChI=1S/C19H17FN2O5S/c20-13-5-7-14(8-6-13)28(24,25)21-17-15-3-1-2-4-16(15)27-18(17)19(23)22-9-11-26-12-10-22/h1-8,21H,9-12H2. The number of hydrogen-bond acceptors (Lipinski definition) is 5. The Kier molecular flexibility index (Phi) is 4.78. The van der Waals surface area contributed by atoms with Gasteiger partial charge in [0.1, 0.15) is 17.1 Å². The highest BCUT2D eigenvalue weighted by Gasteiger charge is 2.29. The molecule has 0 unspecified atom stereocenters. The predicted octanol–water partition coefficient (Wildman–Crippen LogP) is 2.85. The number of benzene rings is 2. The summed E-state index contributed by atoms with van der Waals surface area (Å²) in [6, 6.07) is 11.2. The first-order valence-corrected chi connectivity index (χ1v) is 10.1. The first-order valence-electron chi connectivity index (χ1n) is 8.63. The molecule has 3 aromatic rings. The number of para-hydroxylation sites is 1. The zero-order valence-electron chi connectivity index (χ0n) is 14.7. The number of fused-ring (bicyclic) bond motifs is 1. The van der Waals surface area contributed by atoms with Gasteiger partial charge in [0.2, 0.25) is 5.76 Å². The van der Waals surface area contributed by atoms with E-state index in [-0.39, 0.29) is 16.3 Å². The lowest BCUT2D eigenvalue weighted by Crippen LogP contribution is -2.40. The van der Waals surface area contributed by atoms with Crippen LogP contribution in [0.4, 0.5) is 10.1 Å². The molecule has 2 heterocycles. The number of halogens is 1. The fraction of sp³-hybridized carbons (Fsp3) is 0.211. The normalized spacial score (nSPS) is 15.0. The van der Waals surface area contributed by atoms with E-state index in [2.05, 4.69) is 4.72 Å². The molecular weight excluding hydrogens is 387 g/mol. The van der Waals surface area contributed by atoms with Crippen LogP contribution >= 0.6 is 0 Å². The number of rotatable bonds is 4. The summed E-state index contributed by atoms with van der Waals surface area (Å²) in [5.74, 6) is -1.05. The van der Waals surface area contributed by atoms with E-state index in [1.807, 2.05) is 0 Å². The third kappa shape index (κ3) is 3.46. The van der Waals surface area contributed by atoms with Gasteiger partial charge in [0.05, 0.1) is 18.1 Å². The molecule has 7 nitrogen and oxygen atoms in total. The number of carbonyl (C=O) groups is 1. The second kappa shape index (κ2) is 7.25. The maximum absolute atomic E-state index is 13.1. The average Bonchev–Trinajstić information content (AvgIpc) is 3.06. The fourth-order valence-electron chi connectivity index (χ4n) is 3.01. The van der Waals surface area contributed by atoms with Crippen LogP contribution in [0, 0.1) is 5.82 Å². The van der Waals surface area contributed by atoms with Gasteiger partial charge in [-0.25, -0.2) is 12.8 Å². The van der Waals surface area contributed by atoms with E-state index in [1.54, 1.807) is 29.2 Å². The topological polar surface area (TPSA) is 88.8 Å². The van der Waals surface area contributed by atoms with Crippen LogP contribution in [0.1, 0.15) is 10.6 Å². The molecule has 1 amide bonds. The molecule has 4 rings (SSSR count). The smallest absolute Gasteiger partial charge is 0.291 e. The number of sulfonamides is 1. The van der Waals surface area contributed by atoms with Crippen molar-refractivity contribution in [2.45, 2.75) is 4.90 Å². The number of morpholine rings is 1. The number of furan rings is 1. The highest BCUT2D eigenvalue weighted by atomic mass is 32.2. The second-order valence-electron chi connectivity index (χ2n) is 6.27. The number of amides is 1. The SMILES string of the molecule is O=C(c1oc2ccccc2c1NS(=O)(=O)c1ccc(F)cc1)N1CCOCC1. The number of ether oxygens (including phenoxy) is 1. The molecule has 2 aromatic carbocycles. The van der Waals surface area contributed by atoms with E-state index in [9.17, 15) is 17.6 Å². The Morgan fingerprint density at radius 3 is 2.43 bits per heavy atom. The van der Waals surface area contributed by atoms with Crippen molar-refractivity contribution >= 4 is 32.6 Å². The van der Waals surface area contributed by atoms with E-state index in [0.29, 0.717) is 37.3 Å². The summed E-state index contributed by atoms with van der Waals surface area (Å²) in [4.78, 5) is 14.4. The lowest BCUT2D eigenvalue weighted by atomic mass is 10.2. The second-order valence-corrected chi connectivity index (χ2v) is 7.95. The molecule has 0 bridgehead atoms. The third-order valence-corrected chi connectivity index (χ3v) is 5.81. The minimum absolute atomic E-state index is 0.0661. The summed E-state index contributed by atoms with van der Waals surface area (Å²) in [7, 11) is -4.05. The largest absolute Gasteiger partial charge is 0.449 e. The first-order chi connectivity index (χ1) is 13.5. The zero-order valence-corrected chi connectivity index (χ0v) is 15.5. The number of hydrogen-bond donors (Lipinski definition) is 1. The number of anilines is 1. The number of nitrogens with one attached hydrogen (secondary N) is 1. The Labute approximate surface area is 160 Å². The summed E-state index contributed by atoms with van der Waals surface area (Å²) >= 11 is 0. The number of nitrogens with zero attached hydrogens (tertiary/aromatic N) is 1. The van der Waals surface area contributed by atoms with E-state index < -0.39 is 21.7 Å². The van der Waals surface area contributed by atoms with E-state index >= 15 is 0 Å². The average molecular weight is 404 g/mol. The summed E-state index contributed by atoms with van der Waals surface area (Å²) in [6.07, 6.45) is 0. The lowest BCUT2D eigenvalue weighted by Gasteiger charge is -2.26. The van der Waals surface area contributed by atoms with Crippen LogP contribution in [0.5, 0.6) is 0 Å². The predicted molar refractivity (Wildman–Crippen MR) is 100 cm³/mol. The molecule has 1 N–H and O–H groups in total. The van der Waals surface area contributed by atoms with Crippen molar-refractivity contribution < 1.29 is 26.8 Å². The summed E-state index contributed by atoms with van der Waals surface area (Å²) in [5.41, 5.74) is 0.451. The minimum Gasteiger partial charge on any atom is -0.449 e. The van der Waals surface area contributed by atoms with Crippen molar-refractivity contribution in [3.8, 4) is 0 Å². The van der Waals surface area contributed by atoms with Gasteiger partial charge in [-0.2, -0.15) is 0 Å². The quantitative estimate of drug-likeness (QED) is 0.722. The summed E-state index contributed by atoms with van der Waals surface area (Å²) < 4.78 is 52.1.